The lowest BCUT2D eigenvalue weighted by atomic mass is 10.1. The number of aromatic nitrogens is 2. The van der Waals surface area contributed by atoms with Gasteiger partial charge in [0.25, 0.3) is 0 Å². The summed E-state index contributed by atoms with van der Waals surface area (Å²) in [4.78, 5) is 10.4. The monoisotopic (exact) mass is 310 g/mol. The lowest BCUT2D eigenvalue weighted by molar-refractivity contribution is 0.0686. The molecule has 0 saturated heterocycles. The standard InChI is InChI=1S/C13H18N2OS.2C2H6/c1-6-9(2)17-10(3)11-7-8-14-12(15-11)13(4,5)16;2*1-2/h6-8,16H,3H2,1-2,4-5H3;2*1-2H3/b9-6+;;. The molecule has 1 aromatic heterocycles. The predicted octanol–water partition coefficient (Wildman–Crippen LogP) is 5.38. The van der Waals surface area contributed by atoms with E-state index in [1.165, 1.54) is 4.91 Å². The maximum absolute atomic E-state index is 9.85. The second-order valence-corrected chi connectivity index (χ2v) is 5.59. The molecule has 3 nitrogen and oxygen atoms in total. The molecule has 4 heteroatoms. The van der Waals surface area contributed by atoms with Gasteiger partial charge >= 0.3 is 0 Å². The molecule has 1 aromatic rings. The molecule has 0 fully saturated rings. The van der Waals surface area contributed by atoms with Crippen molar-refractivity contribution in [3.05, 3.63) is 41.3 Å². The van der Waals surface area contributed by atoms with E-state index in [1.807, 2.05) is 47.6 Å². The van der Waals surface area contributed by atoms with Gasteiger partial charge in [-0.05, 0) is 38.7 Å². The molecular weight excluding hydrogens is 280 g/mol. The van der Waals surface area contributed by atoms with E-state index in [4.69, 9.17) is 0 Å². The van der Waals surface area contributed by atoms with Crippen molar-refractivity contribution in [2.45, 2.75) is 61.0 Å². The van der Waals surface area contributed by atoms with Gasteiger partial charge in [0.05, 0.1) is 5.69 Å². The fourth-order valence-corrected chi connectivity index (χ4v) is 1.84. The molecule has 0 radical (unpaired) electrons. The Kier molecular flexibility index (Phi) is 12.2. The minimum atomic E-state index is -1.03. The molecule has 0 saturated carbocycles. The summed E-state index contributed by atoms with van der Waals surface area (Å²) in [6.45, 7) is 19.3. The molecule has 0 aromatic carbocycles. The Hall–Kier alpha value is -1.13. The van der Waals surface area contributed by atoms with E-state index in [9.17, 15) is 5.11 Å². The molecule has 21 heavy (non-hydrogen) atoms. The van der Waals surface area contributed by atoms with Crippen LogP contribution in [0.5, 0.6) is 0 Å². The summed E-state index contributed by atoms with van der Waals surface area (Å²) in [5.74, 6) is 0.412. The molecule has 0 unspecified atom stereocenters. The molecule has 0 aliphatic carbocycles. The molecule has 1 rings (SSSR count). The molecule has 0 spiro atoms. The normalized spacial score (nSPS) is 10.8. The van der Waals surface area contributed by atoms with Gasteiger partial charge in [0.2, 0.25) is 0 Å². The third-order valence-corrected chi connectivity index (χ3v) is 3.19. The Bertz CT molecular complexity index is 448. The van der Waals surface area contributed by atoms with Crippen LogP contribution in [0.1, 0.15) is 66.9 Å². The van der Waals surface area contributed by atoms with Gasteiger partial charge in [0.1, 0.15) is 5.60 Å². The van der Waals surface area contributed by atoms with Crippen LogP contribution >= 0.6 is 11.8 Å². The minimum absolute atomic E-state index is 0.412. The smallest absolute Gasteiger partial charge is 0.160 e. The number of allylic oxidation sites excluding steroid dienone is 2. The van der Waals surface area contributed by atoms with E-state index < -0.39 is 5.60 Å². The number of hydrogen-bond donors (Lipinski definition) is 1. The first-order valence-corrected chi connectivity index (χ1v) is 8.22. The van der Waals surface area contributed by atoms with Crippen LogP contribution in [0.3, 0.4) is 0 Å². The van der Waals surface area contributed by atoms with Crippen molar-refractivity contribution in [2.24, 2.45) is 0 Å². The third kappa shape index (κ3) is 8.68. The largest absolute Gasteiger partial charge is 0.382 e. The SMILES string of the molecule is C=C(S/C(C)=C/C)c1ccnc(C(C)(C)O)n1.CC.CC. The van der Waals surface area contributed by atoms with Crippen molar-refractivity contribution < 1.29 is 5.11 Å². The molecular formula is C17H30N2OS. The Labute approximate surface area is 134 Å². The first-order chi connectivity index (χ1) is 9.84. The summed E-state index contributed by atoms with van der Waals surface area (Å²) < 4.78 is 0. The fourth-order valence-electron chi connectivity index (χ4n) is 1.11. The van der Waals surface area contributed by atoms with Gasteiger partial charge in [-0.2, -0.15) is 0 Å². The van der Waals surface area contributed by atoms with Gasteiger partial charge in [-0.1, -0.05) is 52.1 Å². The summed E-state index contributed by atoms with van der Waals surface area (Å²) in [6.07, 6.45) is 3.67. The maximum atomic E-state index is 9.85. The Morgan fingerprint density at radius 1 is 1.29 bits per heavy atom. The van der Waals surface area contributed by atoms with Gasteiger partial charge in [0, 0.05) is 11.1 Å². The molecule has 1 N–H and O–H groups in total. The van der Waals surface area contributed by atoms with Crippen LogP contribution in [0.2, 0.25) is 0 Å². The van der Waals surface area contributed by atoms with Crippen molar-refractivity contribution in [2.75, 3.05) is 0 Å². The number of rotatable bonds is 4. The van der Waals surface area contributed by atoms with E-state index in [2.05, 4.69) is 16.5 Å². The van der Waals surface area contributed by atoms with Gasteiger partial charge < -0.3 is 5.11 Å². The minimum Gasteiger partial charge on any atom is -0.382 e. The van der Waals surface area contributed by atoms with Crippen LogP contribution in [-0.4, -0.2) is 15.1 Å². The lowest BCUT2D eigenvalue weighted by Gasteiger charge is -2.16. The van der Waals surface area contributed by atoms with Gasteiger partial charge in [-0.15, -0.1) is 0 Å². The van der Waals surface area contributed by atoms with Gasteiger partial charge in [-0.25, -0.2) is 9.97 Å². The first-order valence-electron chi connectivity index (χ1n) is 7.40. The molecule has 1 heterocycles. The summed E-state index contributed by atoms with van der Waals surface area (Å²) in [7, 11) is 0. The number of aliphatic hydroxyl groups is 1. The van der Waals surface area contributed by atoms with Crippen LogP contribution in [-0.2, 0) is 5.60 Å². The van der Waals surface area contributed by atoms with Crippen LogP contribution in [0.15, 0.2) is 29.8 Å². The fraction of sp³-hybridized carbons (Fsp3) is 0.529. The zero-order valence-corrected chi connectivity index (χ0v) is 15.5. The number of hydrogen-bond acceptors (Lipinski definition) is 4. The summed E-state index contributed by atoms with van der Waals surface area (Å²) >= 11 is 1.57. The number of thioether (sulfide) groups is 1. The number of nitrogens with zero attached hydrogens (tertiary/aromatic N) is 2. The average molecular weight is 311 g/mol. The maximum Gasteiger partial charge on any atom is 0.160 e. The zero-order valence-electron chi connectivity index (χ0n) is 14.7. The Morgan fingerprint density at radius 3 is 2.24 bits per heavy atom. The first kappa shape index (κ1) is 22.2. The van der Waals surface area contributed by atoms with Gasteiger partial charge in [0.15, 0.2) is 5.82 Å². The van der Waals surface area contributed by atoms with Crippen LogP contribution in [0.25, 0.3) is 4.91 Å². The van der Waals surface area contributed by atoms with E-state index in [-0.39, 0.29) is 0 Å². The molecule has 0 aliphatic rings. The van der Waals surface area contributed by atoms with Gasteiger partial charge in [-0.3, -0.25) is 0 Å². The zero-order chi connectivity index (χ0) is 17.1. The topological polar surface area (TPSA) is 46.0 Å². The lowest BCUT2D eigenvalue weighted by Crippen LogP contribution is -2.19. The highest BCUT2D eigenvalue weighted by Gasteiger charge is 2.20. The molecule has 0 aliphatic heterocycles. The second-order valence-electron chi connectivity index (χ2n) is 4.25. The quantitative estimate of drug-likeness (QED) is 0.810. The van der Waals surface area contributed by atoms with E-state index in [1.54, 1.807) is 37.9 Å². The summed E-state index contributed by atoms with van der Waals surface area (Å²) in [5.41, 5.74) is -0.278. The Balaban J connectivity index is 0. The van der Waals surface area contributed by atoms with E-state index in [0.717, 1.165) is 10.6 Å². The third-order valence-electron chi connectivity index (χ3n) is 2.18. The molecule has 120 valence electrons. The van der Waals surface area contributed by atoms with Crippen molar-refractivity contribution in [3.8, 4) is 0 Å². The highest BCUT2D eigenvalue weighted by atomic mass is 32.2. The van der Waals surface area contributed by atoms with Crippen molar-refractivity contribution in [1.82, 2.24) is 9.97 Å². The van der Waals surface area contributed by atoms with Crippen molar-refractivity contribution in [1.29, 1.82) is 0 Å². The molecule has 0 amide bonds. The van der Waals surface area contributed by atoms with Crippen LogP contribution in [0.4, 0.5) is 0 Å². The van der Waals surface area contributed by atoms with Crippen molar-refractivity contribution in [3.63, 3.8) is 0 Å². The summed E-state index contributed by atoms with van der Waals surface area (Å²) in [6, 6.07) is 1.80. The van der Waals surface area contributed by atoms with E-state index >= 15 is 0 Å². The average Bonchev–Trinajstić information content (AvgIpc) is 2.50. The molecule has 0 bridgehead atoms. The van der Waals surface area contributed by atoms with Crippen LogP contribution in [0, 0.1) is 0 Å². The van der Waals surface area contributed by atoms with Crippen LogP contribution < -0.4 is 0 Å². The molecule has 0 atom stereocenters. The highest BCUT2D eigenvalue weighted by Crippen LogP contribution is 2.30. The second kappa shape index (κ2) is 11.5. The van der Waals surface area contributed by atoms with E-state index in [0.29, 0.717) is 5.82 Å². The Morgan fingerprint density at radius 2 is 1.81 bits per heavy atom. The van der Waals surface area contributed by atoms with Crippen molar-refractivity contribution >= 4 is 16.7 Å². The predicted molar refractivity (Wildman–Crippen MR) is 96.0 cm³/mol. The highest BCUT2D eigenvalue weighted by molar-refractivity contribution is 8.11. The summed E-state index contributed by atoms with van der Waals surface area (Å²) in [5, 5.41) is 9.85.